The molecule has 2 aliphatic heterocycles. The molecule has 1 aromatic carbocycles. The van der Waals surface area contributed by atoms with Crippen molar-refractivity contribution in [2.45, 2.75) is 25.3 Å². The Labute approximate surface area is 144 Å². The van der Waals surface area contributed by atoms with Crippen LogP contribution < -0.4 is 5.32 Å². The Kier molecular flexibility index (Phi) is 5.67. The normalized spacial score (nSPS) is 23.1. The highest BCUT2D eigenvalue weighted by Gasteiger charge is 2.25. The molecule has 1 N–H and O–H groups in total. The van der Waals surface area contributed by atoms with Crippen molar-refractivity contribution >= 4 is 21.8 Å². The Hall–Kier alpha value is -0.980. The van der Waals surface area contributed by atoms with Crippen molar-refractivity contribution in [3.63, 3.8) is 0 Å². The van der Waals surface area contributed by atoms with Crippen LogP contribution in [0.1, 0.15) is 29.6 Å². The third-order valence-electron chi connectivity index (χ3n) is 4.64. The first-order chi connectivity index (χ1) is 11.1. The molecule has 0 spiro atoms. The highest BCUT2D eigenvalue weighted by molar-refractivity contribution is 9.10. The van der Waals surface area contributed by atoms with Crippen molar-refractivity contribution in [3.05, 3.63) is 34.1 Å². The van der Waals surface area contributed by atoms with Crippen LogP contribution in [0.4, 0.5) is 4.39 Å². The van der Waals surface area contributed by atoms with Crippen LogP contribution in [0.3, 0.4) is 0 Å². The summed E-state index contributed by atoms with van der Waals surface area (Å²) in [4.78, 5) is 14.7. The van der Waals surface area contributed by atoms with Gasteiger partial charge in [0.15, 0.2) is 0 Å². The minimum Gasteiger partial charge on any atom is -0.381 e. The molecule has 0 aliphatic carbocycles. The Bertz CT molecular complexity index is 556. The molecule has 2 saturated heterocycles. The van der Waals surface area contributed by atoms with Crippen LogP contribution in [0, 0.1) is 11.7 Å². The van der Waals surface area contributed by atoms with Crippen LogP contribution in [0.5, 0.6) is 0 Å². The van der Waals surface area contributed by atoms with Gasteiger partial charge in [0.25, 0.3) is 5.91 Å². The van der Waals surface area contributed by atoms with Gasteiger partial charge in [-0.25, -0.2) is 4.39 Å². The van der Waals surface area contributed by atoms with Gasteiger partial charge in [-0.2, -0.15) is 0 Å². The average molecular weight is 385 g/mol. The number of halogens is 2. The van der Waals surface area contributed by atoms with Gasteiger partial charge in [0.05, 0.1) is 12.2 Å². The van der Waals surface area contributed by atoms with Gasteiger partial charge in [0.2, 0.25) is 0 Å². The summed E-state index contributed by atoms with van der Waals surface area (Å²) < 4.78 is 19.9. The fourth-order valence-electron chi connectivity index (χ4n) is 3.29. The third-order valence-corrected chi connectivity index (χ3v) is 5.13. The molecule has 126 valence electrons. The first-order valence-corrected chi connectivity index (χ1v) is 8.97. The molecule has 0 unspecified atom stereocenters. The van der Waals surface area contributed by atoms with Gasteiger partial charge in [-0.3, -0.25) is 4.79 Å². The second kappa shape index (κ2) is 7.73. The largest absolute Gasteiger partial charge is 0.381 e. The predicted molar refractivity (Wildman–Crippen MR) is 90.0 cm³/mol. The molecular formula is C17H22BrFN2O2. The zero-order valence-corrected chi connectivity index (χ0v) is 14.6. The minimum atomic E-state index is -0.482. The van der Waals surface area contributed by atoms with Gasteiger partial charge in [-0.15, -0.1) is 0 Å². The SMILES string of the molecule is O=C(NC1CCN(C[C@H]2CCOC2)CC1)c1cc(Br)ccc1F. The van der Waals surface area contributed by atoms with E-state index < -0.39 is 5.82 Å². The molecular weight excluding hydrogens is 363 g/mol. The first kappa shape index (κ1) is 16.9. The van der Waals surface area contributed by atoms with Gasteiger partial charge in [0.1, 0.15) is 5.82 Å². The number of hydrogen-bond donors (Lipinski definition) is 1. The lowest BCUT2D eigenvalue weighted by Crippen LogP contribution is -2.46. The summed E-state index contributed by atoms with van der Waals surface area (Å²) in [6.07, 6.45) is 2.97. The number of ether oxygens (including phenoxy) is 1. The van der Waals surface area contributed by atoms with E-state index in [-0.39, 0.29) is 17.5 Å². The maximum absolute atomic E-state index is 13.8. The van der Waals surface area contributed by atoms with E-state index in [2.05, 4.69) is 26.1 Å². The van der Waals surface area contributed by atoms with E-state index >= 15 is 0 Å². The molecule has 0 aromatic heterocycles. The number of carbonyl (C=O) groups excluding carboxylic acids is 1. The monoisotopic (exact) mass is 384 g/mol. The highest BCUT2D eigenvalue weighted by Crippen LogP contribution is 2.19. The summed E-state index contributed by atoms with van der Waals surface area (Å²) in [7, 11) is 0. The summed E-state index contributed by atoms with van der Waals surface area (Å²) in [5.41, 5.74) is 0.102. The van der Waals surface area contributed by atoms with Crippen molar-refractivity contribution < 1.29 is 13.9 Å². The van der Waals surface area contributed by atoms with Crippen LogP contribution in [0.15, 0.2) is 22.7 Å². The molecule has 2 fully saturated rings. The first-order valence-electron chi connectivity index (χ1n) is 8.18. The van der Waals surface area contributed by atoms with Crippen molar-refractivity contribution in [2.75, 3.05) is 32.8 Å². The summed E-state index contributed by atoms with van der Waals surface area (Å²) in [6.45, 7) is 4.79. The molecule has 1 atom stereocenters. The van der Waals surface area contributed by atoms with Crippen molar-refractivity contribution in [3.8, 4) is 0 Å². The number of carbonyl (C=O) groups is 1. The van der Waals surface area contributed by atoms with Gasteiger partial charge in [-0.05, 0) is 43.4 Å². The highest BCUT2D eigenvalue weighted by atomic mass is 79.9. The summed E-state index contributed by atoms with van der Waals surface area (Å²) in [6, 6.07) is 4.56. The lowest BCUT2D eigenvalue weighted by atomic mass is 10.0. The molecule has 4 nitrogen and oxygen atoms in total. The predicted octanol–water partition coefficient (Wildman–Crippen LogP) is 2.82. The van der Waals surface area contributed by atoms with E-state index in [0.717, 1.165) is 52.1 Å². The smallest absolute Gasteiger partial charge is 0.254 e. The summed E-state index contributed by atoms with van der Waals surface area (Å²) >= 11 is 3.28. The average Bonchev–Trinajstić information content (AvgIpc) is 3.04. The van der Waals surface area contributed by atoms with Crippen molar-refractivity contribution in [2.24, 2.45) is 5.92 Å². The Balaban J connectivity index is 1.48. The van der Waals surface area contributed by atoms with Crippen LogP contribution in [-0.4, -0.2) is 49.7 Å². The quantitative estimate of drug-likeness (QED) is 0.867. The molecule has 0 saturated carbocycles. The fourth-order valence-corrected chi connectivity index (χ4v) is 3.65. The van der Waals surface area contributed by atoms with E-state index in [4.69, 9.17) is 4.74 Å². The summed E-state index contributed by atoms with van der Waals surface area (Å²) in [5.74, 6) is -0.160. The maximum Gasteiger partial charge on any atom is 0.254 e. The topological polar surface area (TPSA) is 41.6 Å². The van der Waals surface area contributed by atoms with Crippen LogP contribution >= 0.6 is 15.9 Å². The van der Waals surface area contributed by atoms with E-state index in [1.54, 1.807) is 6.07 Å². The number of amides is 1. The lowest BCUT2D eigenvalue weighted by molar-refractivity contribution is 0.0899. The van der Waals surface area contributed by atoms with Crippen molar-refractivity contribution in [1.82, 2.24) is 10.2 Å². The van der Waals surface area contributed by atoms with Crippen LogP contribution in [0.2, 0.25) is 0 Å². The molecule has 0 radical (unpaired) electrons. The van der Waals surface area contributed by atoms with Crippen LogP contribution in [0.25, 0.3) is 0 Å². The second-order valence-electron chi connectivity index (χ2n) is 6.40. The molecule has 2 heterocycles. The van der Waals surface area contributed by atoms with Gasteiger partial charge in [0, 0.05) is 36.8 Å². The number of benzene rings is 1. The Morgan fingerprint density at radius 2 is 2.13 bits per heavy atom. The molecule has 1 amide bonds. The molecule has 23 heavy (non-hydrogen) atoms. The molecule has 0 bridgehead atoms. The van der Waals surface area contributed by atoms with E-state index in [0.29, 0.717) is 10.4 Å². The summed E-state index contributed by atoms with van der Waals surface area (Å²) in [5, 5.41) is 2.97. The number of nitrogens with one attached hydrogen (secondary N) is 1. The zero-order valence-electron chi connectivity index (χ0n) is 13.1. The molecule has 6 heteroatoms. The molecule has 2 aliphatic rings. The second-order valence-corrected chi connectivity index (χ2v) is 7.32. The van der Waals surface area contributed by atoms with Gasteiger partial charge in [-0.1, -0.05) is 15.9 Å². The van der Waals surface area contributed by atoms with Crippen molar-refractivity contribution in [1.29, 1.82) is 0 Å². The number of nitrogens with zero attached hydrogens (tertiary/aromatic N) is 1. The number of hydrogen-bond acceptors (Lipinski definition) is 3. The lowest BCUT2D eigenvalue weighted by Gasteiger charge is -2.33. The molecule has 3 rings (SSSR count). The number of rotatable bonds is 4. The number of piperidine rings is 1. The Morgan fingerprint density at radius 3 is 2.83 bits per heavy atom. The van der Waals surface area contributed by atoms with E-state index in [1.807, 2.05) is 0 Å². The number of likely N-dealkylation sites (tertiary alicyclic amines) is 1. The standard InChI is InChI=1S/C17H22BrFN2O2/c18-13-1-2-16(19)15(9-13)17(22)20-14-3-6-21(7-4-14)10-12-5-8-23-11-12/h1-2,9,12,14H,3-8,10-11H2,(H,20,22)/t12-/m1/s1. The Morgan fingerprint density at radius 1 is 1.35 bits per heavy atom. The van der Waals surface area contributed by atoms with Gasteiger partial charge >= 0.3 is 0 Å². The van der Waals surface area contributed by atoms with E-state index in [1.165, 1.54) is 12.1 Å². The fraction of sp³-hybridized carbons (Fsp3) is 0.588. The zero-order chi connectivity index (χ0) is 16.2. The van der Waals surface area contributed by atoms with E-state index in [9.17, 15) is 9.18 Å². The maximum atomic E-state index is 13.8. The van der Waals surface area contributed by atoms with Crippen LogP contribution in [-0.2, 0) is 4.74 Å². The van der Waals surface area contributed by atoms with Gasteiger partial charge < -0.3 is 15.0 Å². The molecule has 1 aromatic rings. The minimum absolute atomic E-state index is 0.102. The third kappa shape index (κ3) is 4.52.